The second-order valence-electron chi connectivity index (χ2n) is 4.35. The average Bonchev–Trinajstić information content (AvgIpc) is 3.01. The number of methoxy groups -OCH3 is 1. The molecule has 1 amide bonds. The first-order valence-electron chi connectivity index (χ1n) is 6.33. The number of hydrogen-bond acceptors (Lipinski definition) is 4. The summed E-state index contributed by atoms with van der Waals surface area (Å²) in [5.74, 6) is 0.444. The van der Waals surface area contributed by atoms with Gasteiger partial charge < -0.3 is 19.6 Å². The van der Waals surface area contributed by atoms with Gasteiger partial charge in [-0.1, -0.05) is 6.07 Å². The van der Waals surface area contributed by atoms with Crippen molar-refractivity contribution in [1.29, 1.82) is 0 Å². The Bertz CT molecular complexity index is 551. The van der Waals surface area contributed by atoms with Gasteiger partial charge in [-0.15, -0.1) is 0 Å². The van der Waals surface area contributed by atoms with Crippen molar-refractivity contribution in [3.05, 3.63) is 54.0 Å². The molecule has 1 aromatic carbocycles. The van der Waals surface area contributed by atoms with E-state index in [-0.39, 0.29) is 5.91 Å². The van der Waals surface area contributed by atoms with Crippen LogP contribution < -0.4 is 10.1 Å². The average molecular weight is 275 g/mol. The van der Waals surface area contributed by atoms with Crippen LogP contribution in [0.5, 0.6) is 5.75 Å². The summed E-state index contributed by atoms with van der Waals surface area (Å²) in [7, 11) is 1.55. The van der Waals surface area contributed by atoms with E-state index < -0.39 is 6.10 Å². The molecular formula is C15H17NO4. The van der Waals surface area contributed by atoms with E-state index in [4.69, 9.17) is 9.15 Å². The van der Waals surface area contributed by atoms with E-state index in [9.17, 15) is 9.90 Å². The Hall–Kier alpha value is -2.27. The third-order valence-electron chi connectivity index (χ3n) is 2.96. The van der Waals surface area contributed by atoms with Gasteiger partial charge in [-0.25, -0.2) is 0 Å². The molecule has 1 unspecified atom stereocenters. The van der Waals surface area contributed by atoms with Crippen molar-refractivity contribution in [3.8, 4) is 5.75 Å². The number of carbonyl (C=O) groups excluding carboxylic acids is 1. The Morgan fingerprint density at radius 2 is 2.30 bits per heavy atom. The fourth-order valence-corrected chi connectivity index (χ4v) is 1.82. The maximum absolute atomic E-state index is 11.9. The lowest BCUT2D eigenvalue weighted by molar-refractivity contribution is 0.0942. The minimum absolute atomic E-state index is 0.191. The van der Waals surface area contributed by atoms with E-state index in [0.29, 0.717) is 29.8 Å². The Morgan fingerprint density at radius 3 is 3.00 bits per heavy atom. The van der Waals surface area contributed by atoms with Crippen LogP contribution in [0.4, 0.5) is 0 Å². The normalized spacial score (nSPS) is 11.9. The number of ether oxygens (including phenoxy) is 1. The molecule has 0 aliphatic rings. The van der Waals surface area contributed by atoms with Crippen LogP contribution in [0.2, 0.25) is 0 Å². The third-order valence-corrected chi connectivity index (χ3v) is 2.96. The highest BCUT2D eigenvalue weighted by molar-refractivity contribution is 5.94. The summed E-state index contributed by atoms with van der Waals surface area (Å²) in [4.78, 5) is 11.9. The first-order valence-corrected chi connectivity index (χ1v) is 6.33. The molecule has 20 heavy (non-hydrogen) atoms. The summed E-state index contributed by atoms with van der Waals surface area (Å²) in [6, 6.07) is 8.62. The Morgan fingerprint density at radius 1 is 1.45 bits per heavy atom. The van der Waals surface area contributed by atoms with Gasteiger partial charge in [0.15, 0.2) is 0 Å². The van der Waals surface area contributed by atoms with Gasteiger partial charge in [-0.05, 0) is 30.7 Å². The summed E-state index contributed by atoms with van der Waals surface area (Å²) >= 11 is 0. The summed E-state index contributed by atoms with van der Waals surface area (Å²) in [6.07, 6.45) is 2.79. The fourth-order valence-electron chi connectivity index (χ4n) is 1.82. The Kier molecular flexibility index (Phi) is 4.79. The summed E-state index contributed by atoms with van der Waals surface area (Å²) in [6.45, 7) is 0.377. The van der Waals surface area contributed by atoms with Gasteiger partial charge in [0.25, 0.3) is 5.91 Å². The maximum atomic E-state index is 11.9. The minimum Gasteiger partial charge on any atom is -0.497 e. The zero-order valence-electron chi connectivity index (χ0n) is 11.2. The first kappa shape index (κ1) is 14.1. The van der Waals surface area contributed by atoms with E-state index in [2.05, 4.69) is 5.32 Å². The molecular weight excluding hydrogens is 258 g/mol. The van der Waals surface area contributed by atoms with Gasteiger partial charge in [-0.3, -0.25) is 4.79 Å². The van der Waals surface area contributed by atoms with Gasteiger partial charge in [0.05, 0.1) is 25.7 Å². The van der Waals surface area contributed by atoms with Crippen LogP contribution in [0.25, 0.3) is 0 Å². The molecule has 2 rings (SSSR count). The molecule has 106 valence electrons. The lowest BCUT2D eigenvalue weighted by atomic mass is 10.1. The fraction of sp³-hybridized carbons (Fsp3) is 0.267. The van der Waals surface area contributed by atoms with Crippen molar-refractivity contribution in [2.24, 2.45) is 0 Å². The molecule has 0 saturated carbocycles. The van der Waals surface area contributed by atoms with E-state index in [1.54, 1.807) is 37.4 Å². The second kappa shape index (κ2) is 6.77. The molecule has 0 aliphatic heterocycles. The van der Waals surface area contributed by atoms with E-state index >= 15 is 0 Å². The molecule has 0 aliphatic carbocycles. The Balaban J connectivity index is 1.83. The van der Waals surface area contributed by atoms with Crippen LogP contribution >= 0.6 is 0 Å². The third kappa shape index (κ3) is 3.61. The highest BCUT2D eigenvalue weighted by Crippen LogP contribution is 2.16. The predicted molar refractivity (Wildman–Crippen MR) is 73.6 cm³/mol. The van der Waals surface area contributed by atoms with Crippen LogP contribution in [0.1, 0.15) is 28.4 Å². The zero-order valence-corrected chi connectivity index (χ0v) is 11.2. The zero-order chi connectivity index (χ0) is 14.4. The number of rotatable bonds is 6. The number of aliphatic hydroxyl groups is 1. The van der Waals surface area contributed by atoms with Crippen molar-refractivity contribution >= 4 is 5.91 Å². The molecule has 2 aromatic rings. The van der Waals surface area contributed by atoms with Gasteiger partial charge in [-0.2, -0.15) is 0 Å². The highest BCUT2D eigenvalue weighted by atomic mass is 16.5. The molecule has 0 saturated heterocycles. The van der Waals surface area contributed by atoms with E-state index in [1.807, 2.05) is 0 Å². The molecule has 0 spiro atoms. The van der Waals surface area contributed by atoms with Crippen LogP contribution in [-0.2, 0) is 0 Å². The van der Waals surface area contributed by atoms with Crippen molar-refractivity contribution in [3.63, 3.8) is 0 Å². The molecule has 0 radical (unpaired) electrons. The highest BCUT2D eigenvalue weighted by Gasteiger charge is 2.10. The predicted octanol–water partition coefficient (Wildman–Crippen LogP) is 2.14. The van der Waals surface area contributed by atoms with Crippen LogP contribution in [0.15, 0.2) is 47.3 Å². The quantitative estimate of drug-likeness (QED) is 0.847. The monoisotopic (exact) mass is 275 g/mol. The van der Waals surface area contributed by atoms with E-state index in [1.165, 1.54) is 12.5 Å². The van der Waals surface area contributed by atoms with Crippen molar-refractivity contribution in [2.75, 3.05) is 13.7 Å². The number of carbonyl (C=O) groups is 1. The molecule has 2 N–H and O–H groups in total. The van der Waals surface area contributed by atoms with Gasteiger partial charge in [0.1, 0.15) is 5.75 Å². The Labute approximate surface area is 117 Å². The summed E-state index contributed by atoms with van der Waals surface area (Å²) < 4.78 is 9.96. The lowest BCUT2D eigenvalue weighted by Crippen LogP contribution is -2.25. The van der Waals surface area contributed by atoms with Crippen LogP contribution in [0, 0.1) is 0 Å². The van der Waals surface area contributed by atoms with Crippen LogP contribution in [0.3, 0.4) is 0 Å². The minimum atomic E-state index is -0.639. The van der Waals surface area contributed by atoms with Crippen molar-refractivity contribution in [1.82, 2.24) is 5.32 Å². The SMILES string of the molecule is COc1cccc(C(=O)NCCC(O)c2ccoc2)c1. The molecule has 5 nitrogen and oxygen atoms in total. The van der Waals surface area contributed by atoms with Gasteiger partial charge in [0.2, 0.25) is 0 Å². The number of amides is 1. The number of hydrogen-bond donors (Lipinski definition) is 2. The number of furan rings is 1. The van der Waals surface area contributed by atoms with Gasteiger partial charge >= 0.3 is 0 Å². The molecule has 0 fully saturated rings. The number of nitrogens with one attached hydrogen (secondary N) is 1. The first-order chi connectivity index (χ1) is 9.70. The van der Waals surface area contributed by atoms with Crippen LogP contribution in [-0.4, -0.2) is 24.7 Å². The van der Waals surface area contributed by atoms with Crippen molar-refractivity contribution < 1.29 is 19.1 Å². The van der Waals surface area contributed by atoms with Gasteiger partial charge in [0, 0.05) is 17.7 Å². The standard InChI is InChI=1S/C15H17NO4/c1-19-13-4-2-3-11(9-13)15(18)16-7-5-14(17)12-6-8-20-10-12/h2-4,6,8-10,14,17H,5,7H2,1H3,(H,16,18). The largest absolute Gasteiger partial charge is 0.497 e. The summed E-state index contributed by atoms with van der Waals surface area (Å²) in [5, 5.41) is 12.6. The van der Waals surface area contributed by atoms with Crippen molar-refractivity contribution in [2.45, 2.75) is 12.5 Å². The molecule has 1 heterocycles. The van der Waals surface area contributed by atoms with E-state index in [0.717, 1.165) is 0 Å². The topological polar surface area (TPSA) is 71.7 Å². The lowest BCUT2D eigenvalue weighted by Gasteiger charge is -2.10. The number of aliphatic hydroxyl groups excluding tert-OH is 1. The summed E-state index contributed by atoms with van der Waals surface area (Å²) in [5.41, 5.74) is 1.24. The molecule has 5 heteroatoms. The molecule has 1 aromatic heterocycles. The smallest absolute Gasteiger partial charge is 0.251 e. The second-order valence-corrected chi connectivity index (χ2v) is 4.35. The number of benzene rings is 1. The maximum Gasteiger partial charge on any atom is 0.251 e. The molecule has 1 atom stereocenters. The molecule has 0 bridgehead atoms.